The molecule has 0 bridgehead atoms. The van der Waals surface area contributed by atoms with E-state index in [9.17, 15) is 0 Å². The van der Waals surface area contributed by atoms with E-state index in [4.69, 9.17) is 24.0 Å². The van der Waals surface area contributed by atoms with Crippen LogP contribution in [0, 0.1) is 0 Å². The van der Waals surface area contributed by atoms with E-state index in [1.165, 1.54) is 11.3 Å². The smallest absolute Gasteiger partial charge is 0.206 e. The summed E-state index contributed by atoms with van der Waals surface area (Å²) in [5.74, 6) is 2.20. The minimum Gasteiger partial charge on any atom is -0.497 e. The highest BCUT2D eigenvalue weighted by Gasteiger charge is 2.15. The molecule has 2 aromatic heterocycles. The van der Waals surface area contributed by atoms with E-state index >= 15 is 0 Å². The lowest BCUT2D eigenvalue weighted by Crippen LogP contribution is -2.16. The van der Waals surface area contributed by atoms with E-state index in [0.29, 0.717) is 5.76 Å². The average molecular weight is 385 g/mol. The van der Waals surface area contributed by atoms with Gasteiger partial charge in [0.25, 0.3) is 0 Å². The summed E-state index contributed by atoms with van der Waals surface area (Å²) in [6, 6.07) is 9.58. The van der Waals surface area contributed by atoms with Crippen LogP contribution in [0.15, 0.2) is 56.5 Å². The molecule has 0 atom stereocenters. The Bertz CT molecular complexity index is 998. The molecule has 6 nitrogen and oxygen atoms in total. The van der Waals surface area contributed by atoms with Gasteiger partial charge in [-0.05, 0) is 51.1 Å². The second kappa shape index (κ2) is 8.26. The SMILES string of the molecule is COc1ccc(OC)c(-c2csc(=NC(C)C)n2N=C(C)c2ccco2)c1. The second-order valence-electron chi connectivity index (χ2n) is 6.17. The predicted molar refractivity (Wildman–Crippen MR) is 108 cm³/mol. The van der Waals surface area contributed by atoms with Crippen molar-refractivity contribution < 1.29 is 13.9 Å². The third-order valence-corrected chi connectivity index (χ3v) is 4.69. The van der Waals surface area contributed by atoms with Crippen molar-refractivity contribution in [3.05, 3.63) is 52.5 Å². The minimum atomic E-state index is 0.147. The Morgan fingerprint density at radius 3 is 2.63 bits per heavy atom. The lowest BCUT2D eigenvalue weighted by atomic mass is 10.1. The third kappa shape index (κ3) is 4.14. The maximum atomic E-state index is 5.56. The van der Waals surface area contributed by atoms with E-state index in [-0.39, 0.29) is 6.04 Å². The quantitative estimate of drug-likeness (QED) is 0.591. The Morgan fingerprint density at radius 1 is 1.19 bits per heavy atom. The summed E-state index contributed by atoms with van der Waals surface area (Å²) >= 11 is 1.53. The molecule has 0 fully saturated rings. The van der Waals surface area contributed by atoms with E-state index < -0.39 is 0 Å². The molecule has 27 heavy (non-hydrogen) atoms. The monoisotopic (exact) mass is 385 g/mol. The molecule has 0 spiro atoms. The van der Waals surface area contributed by atoms with Crippen LogP contribution >= 0.6 is 11.3 Å². The largest absolute Gasteiger partial charge is 0.497 e. The van der Waals surface area contributed by atoms with Crippen molar-refractivity contribution in [3.63, 3.8) is 0 Å². The summed E-state index contributed by atoms with van der Waals surface area (Å²) in [6.45, 7) is 5.99. The van der Waals surface area contributed by atoms with Gasteiger partial charge in [-0.25, -0.2) is 4.68 Å². The highest BCUT2D eigenvalue weighted by Crippen LogP contribution is 2.33. The standard InChI is InChI=1S/C20H23N3O3S/c1-13(2)21-20-23(22-14(3)18-7-6-10-26-18)17(12-27-20)16-11-15(24-4)8-9-19(16)25-5/h6-13H,1-5H3. The van der Waals surface area contributed by atoms with Crippen molar-refractivity contribution in [2.45, 2.75) is 26.8 Å². The van der Waals surface area contributed by atoms with Gasteiger partial charge < -0.3 is 13.9 Å². The van der Waals surface area contributed by atoms with Gasteiger partial charge in [-0.3, -0.25) is 4.99 Å². The van der Waals surface area contributed by atoms with Crippen LogP contribution in [0.2, 0.25) is 0 Å². The van der Waals surface area contributed by atoms with Crippen molar-refractivity contribution >= 4 is 17.0 Å². The number of aromatic nitrogens is 1. The maximum Gasteiger partial charge on any atom is 0.206 e. The zero-order valence-electron chi connectivity index (χ0n) is 16.1. The van der Waals surface area contributed by atoms with Crippen LogP contribution in [0.5, 0.6) is 11.5 Å². The van der Waals surface area contributed by atoms with Crippen molar-refractivity contribution in [2.75, 3.05) is 14.2 Å². The van der Waals surface area contributed by atoms with Gasteiger partial charge in [0.2, 0.25) is 4.80 Å². The number of thiazole rings is 1. The first kappa shape index (κ1) is 19.0. The molecule has 0 radical (unpaired) electrons. The first-order valence-electron chi connectivity index (χ1n) is 8.59. The minimum absolute atomic E-state index is 0.147. The zero-order valence-corrected chi connectivity index (χ0v) is 16.9. The molecule has 0 N–H and O–H groups in total. The molecule has 0 saturated heterocycles. The van der Waals surface area contributed by atoms with Crippen LogP contribution in [0.25, 0.3) is 11.3 Å². The molecular weight excluding hydrogens is 362 g/mol. The fraction of sp³-hybridized carbons (Fsp3) is 0.300. The van der Waals surface area contributed by atoms with Crippen LogP contribution < -0.4 is 14.3 Å². The summed E-state index contributed by atoms with van der Waals surface area (Å²) in [6.07, 6.45) is 1.64. The Labute approximate surface area is 162 Å². The molecule has 0 aliphatic carbocycles. The Kier molecular flexibility index (Phi) is 5.81. The molecule has 0 aliphatic rings. The number of nitrogens with zero attached hydrogens (tertiary/aromatic N) is 3. The van der Waals surface area contributed by atoms with Crippen molar-refractivity contribution in [3.8, 4) is 22.8 Å². The first-order valence-corrected chi connectivity index (χ1v) is 9.47. The number of methoxy groups -OCH3 is 2. The Morgan fingerprint density at radius 2 is 2.00 bits per heavy atom. The van der Waals surface area contributed by atoms with Gasteiger partial charge in [-0.15, -0.1) is 11.3 Å². The van der Waals surface area contributed by atoms with Gasteiger partial charge in [0.05, 0.1) is 26.2 Å². The van der Waals surface area contributed by atoms with Crippen LogP contribution in [0.3, 0.4) is 0 Å². The van der Waals surface area contributed by atoms with Crippen LogP contribution in [-0.2, 0) is 0 Å². The maximum absolute atomic E-state index is 5.56. The Hall–Kier alpha value is -2.80. The van der Waals surface area contributed by atoms with Gasteiger partial charge >= 0.3 is 0 Å². The molecule has 1 aromatic carbocycles. The van der Waals surface area contributed by atoms with Gasteiger partial charge in [0, 0.05) is 17.0 Å². The number of rotatable bonds is 6. The number of ether oxygens (including phenoxy) is 2. The molecule has 2 heterocycles. The molecule has 3 rings (SSSR count). The highest BCUT2D eigenvalue weighted by atomic mass is 32.1. The van der Waals surface area contributed by atoms with Crippen molar-refractivity contribution in [2.24, 2.45) is 10.1 Å². The average Bonchev–Trinajstić information content (AvgIpc) is 3.32. The number of hydrogen-bond acceptors (Lipinski definition) is 6. The summed E-state index contributed by atoms with van der Waals surface area (Å²) in [5, 5.41) is 6.81. The van der Waals surface area contributed by atoms with E-state index in [0.717, 1.165) is 33.3 Å². The van der Waals surface area contributed by atoms with Crippen LogP contribution in [-0.4, -0.2) is 30.6 Å². The lowest BCUT2D eigenvalue weighted by molar-refractivity contribution is 0.404. The summed E-state index contributed by atoms with van der Waals surface area (Å²) < 4.78 is 18.3. The Balaban J connectivity index is 2.23. The number of benzene rings is 1. The molecule has 0 saturated carbocycles. The predicted octanol–water partition coefficient (Wildman–Crippen LogP) is 4.41. The lowest BCUT2D eigenvalue weighted by Gasteiger charge is -2.11. The molecule has 0 amide bonds. The number of furan rings is 1. The zero-order chi connectivity index (χ0) is 19.4. The normalized spacial score (nSPS) is 12.7. The molecular formula is C20H23N3O3S. The molecule has 0 unspecified atom stereocenters. The van der Waals surface area contributed by atoms with Crippen LogP contribution in [0.1, 0.15) is 26.5 Å². The van der Waals surface area contributed by atoms with Crippen molar-refractivity contribution in [1.29, 1.82) is 0 Å². The molecule has 7 heteroatoms. The molecule has 142 valence electrons. The number of hydrogen-bond donors (Lipinski definition) is 0. The van der Waals surface area contributed by atoms with E-state index in [2.05, 4.69) is 0 Å². The van der Waals surface area contributed by atoms with Crippen LogP contribution in [0.4, 0.5) is 0 Å². The van der Waals surface area contributed by atoms with E-state index in [1.807, 2.05) is 61.2 Å². The fourth-order valence-electron chi connectivity index (χ4n) is 2.59. The van der Waals surface area contributed by atoms with Gasteiger partial charge in [0.15, 0.2) is 0 Å². The summed E-state index contributed by atoms with van der Waals surface area (Å²) in [5.41, 5.74) is 2.52. The molecule has 0 aliphatic heterocycles. The first-order chi connectivity index (χ1) is 13.0. The highest BCUT2D eigenvalue weighted by molar-refractivity contribution is 7.07. The van der Waals surface area contributed by atoms with Gasteiger partial charge in [-0.1, -0.05) is 0 Å². The summed E-state index contributed by atoms with van der Waals surface area (Å²) in [7, 11) is 3.30. The molecule has 3 aromatic rings. The fourth-order valence-corrected chi connectivity index (χ4v) is 3.54. The van der Waals surface area contributed by atoms with Gasteiger partial charge in [-0.2, -0.15) is 5.10 Å². The summed E-state index contributed by atoms with van der Waals surface area (Å²) in [4.78, 5) is 5.51. The topological polar surface area (TPSA) is 61.2 Å². The third-order valence-electron chi connectivity index (χ3n) is 3.86. The van der Waals surface area contributed by atoms with Crippen molar-refractivity contribution in [1.82, 2.24) is 4.68 Å². The van der Waals surface area contributed by atoms with E-state index in [1.54, 1.807) is 20.5 Å². The second-order valence-corrected chi connectivity index (χ2v) is 7.00. The van der Waals surface area contributed by atoms with Gasteiger partial charge in [0.1, 0.15) is 23.0 Å².